The van der Waals surface area contributed by atoms with Crippen LogP contribution in [-0.4, -0.2) is 75.4 Å². The first kappa shape index (κ1) is 30.1. The Kier molecular flexibility index (Phi) is 8.18. The van der Waals surface area contributed by atoms with Gasteiger partial charge in [0.2, 0.25) is 5.09 Å². The summed E-state index contributed by atoms with van der Waals surface area (Å²) in [6.07, 6.45) is 4.09. The van der Waals surface area contributed by atoms with Crippen molar-refractivity contribution in [1.82, 2.24) is 19.8 Å². The van der Waals surface area contributed by atoms with Gasteiger partial charge >= 0.3 is 0 Å². The molecular formula is C35H35N5O4S. The molecule has 0 spiro atoms. The smallest absolute Gasteiger partial charge is 0.297 e. The van der Waals surface area contributed by atoms with Gasteiger partial charge in [0.25, 0.3) is 15.9 Å². The topological polar surface area (TPSA) is 103 Å². The predicted octanol–water partition coefficient (Wildman–Crippen LogP) is 6.49. The number of amides is 1. The summed E-state index contributed by atoms with van der Waals surface area (Å²) in [5.74, 6) is -0.0186. The molecule has 3 aromatic heterocycles. The van der Waals surface area contributed by atoms with Crippen LogP contribution in [0.5, 0.6) is 0 Å². The number of fused-ring (bicyclic) bond motifs is 3. The number of aromatic nitrogens is 2. The van der Waals surface area contributed by atoms with Gasteiger partial charge in [0, 0.05) is 59.8 Å². The average Bonchev–Trinajstić information content (AvgIpc) is 3.73. The van der Waals surface area contributed by atoms with Crippen LogP contribution in [0.3, 0.4) is 0 Å². The fourth-order valence-electron chi connectivity index (χ4n) is 5.59. The molecule has 1 amide bonds. The van der Waals surface area contributed by atoms with Gasteiger partial charge < -0.3 is 19.2 Å². The molecule has 3 heterocycles. The maximum Gasteiger partial charge on any atom is 0.297 e. The molecule has 6 rings (SSSR count). The Morgan fingerprint density at radius 2 is 1.62 bits per heavy atom. The number of H-pyrrole nitrogens is 1. The van der Waals surface area contributed by atoms with Crippen molar-refractivity contribution in [3.8, 4) is 22.3 Å². The molecule has 0 atom stereocenters. The summed E-state index contributed by atoms with van der Waals surface area (Å²) in [7, 11) is 3.51. The number of sulfonamides is 1. The molecule has 1 N–H and O–H groups in total. The molecule has 6 aromatic rings. The van der Waals surface area contributed by atoms with Crippen molar-refractivity contribution in [2.45, 2.75) is 11.5 Å². The van der Waals surface area contributed by atoms with Crippen molar-refractivity contribution in [3.63, 3.8) is 0 Å². The molecule has 0 aliphatic rings. The summed E-state index contributed by atoms with van der Waals surface area (Å²) in [6, 6.07) is 26.2. The molecule has 0 aliphatic heterocycles. The second-order valence-corrected chi connectivity index (χ2v) is 13.3. The van der Waals surface area contributed by atoms with Crippen molar-refractivity contribution in [2.75, 3.05) is 45.6 Å². The number of carbonyl (C=O) groups is 1. The first-order chi connectivity index (χ1) is 21.6. The summed E-state index contributed by atoms with van der Waals surface area (Å²) >= 11 is 0. The molecule has 3 aromatic carbocycles. The van der Waals surface area contributed by atoms with Crippen LogP contribution >= 0.6 is 0 Å². The molecule has 45 heavy (non-hydrogen) atoms. The summed E-state index contributed by atoms with van der Waals surface area (Å²) < 4.78 is 32.9. The summed E-state index contributed by atoms with van der Waals surface area (Å²) in [5, 5.41) is 1.59. The van der Waals surface area contributed by atoms with E-state index in [2.05, 4.69) is 22.0 Å². The number of pyridine rings is 1. The molecular weight excluding hydrogens is 586 g/mol. The van der Waals surface area contributed by atoms with Crippen LogP contribution < -0.4 is 4.31 Å². The van der Waals surface area contributed by atoms with Gasteiger partial charge in [-0.25, -0.2) is 4.98 Å². The zero-order valence-electron chi connectivity index (χ0n) is 25.7. The van der Waals surface area contributed by atoms with E-state index < -0.39 is 10.0 Å². The Morgan fingerprint density at radius 3 is 2.31 bits per heavy atom. The Bertz CT molecular complexity index is 2070. The zero-order valence-corrected chi connectivity index (χ0v) is 26.5. The van der Waals surface area contributed by atoms with Crippen LogP contribution in [0.2, 0.25) is 0 Å². The fraction of sp³-hybridized carbons (Fsp3) is 0.200. The minimum atomic E-state index is -3.89. The van der Waals surface area contributed by atoms with E-state index in [1.54, 1.807) is 17.0 Å². The van der Waals surface area contributed by atoms with E-state index >= 15 is 0 Å². The first-order valence-corrected chi connectivity index (χ1v) is 16.1. The number of aromatic amines is 1. The van der Waals surface area contributed by atoms with Crippen molar-refractivity contribution in [3.05, 3.63) is 103 Å². The van der Waals surface area contributed by atoms with E-state index in [-0.39, 0.29) is 11.0 Å². The molecule has 230 valence electrons. The predicted molar refractivity (Wildman–Crippen MR) is 179 cm³/mol. The lowest BCUT2D eigenvalue weighted by atomic mass is 9.92. The lowest BCUT2D eigenvalue weighted by Gasteiger charge is -2.19. The molecule has 0 saturated heterocycles. The number of hydrogen-bond acceptors (Lipinski definition) is 6. The SMILES string of the molecule is CN(C)CCCN(C)C(=O)c1ccc(-c2cnc3[nH]c4ccc(N(C)S(=O)(=O)c5ccco5)cc4c3c2-c2ccccc2)cc1. The summed E-state index contributed by atoms with van der Waals surface area (Å²) in [5.41, 5.74) is 6.39. The third-order valence-corrected chi connectivity index (χ3v) is 9.70. The van der Waals surface area contributed by atoms with E-state index in [0.29, 0.717) is 23.4 Å². The van der Waals surface area contributed by atoms with Crippen LogP contribution in [0.15, 0.2) is 107 Å². The molecule has 0 bridgehead atoms. The van der Waals surface area contributed by atoms with Crippen molar-refractivity contribution < 1.29 is 17.6 Å². The zero-order chi connectivity index (χ0) is 31.7. The highest BCUT2D eigenvalue weighted by atomic mass is 32.2. The summed E-state index contributed by atoms with van der Waals surface area (Å²) in [6.45, 7) is 1.60. The number of carbonyl (C=O) groups excluding carboxylic acids is 1. The molecule has 9 nitrogen and oxygen atoms in total. The van der Waals surface area contributed by atoms with E-state index in [9.17, 15) is 13.2 Å². The number of anilines is 1. The molecule has 0 fully saturated rings. The van der Waals surface area contributed by atoms with Crippen molar-refractivity contribution >= 4 is 43.6 Å². The van der Waals surface area contributed by atoms with Crippen molar-refractivity contribution in [1.29, 1.82) is 0 Å². The standard InChI is InChI=1S/C35H35N5O4S/c1-38(2)19-9-20-39(3)35(41)26-15-13-24(14-16-26)29-23-36-34-33(32(29)25-10-6-5-7-11-25)28-22-27(17-18-30(28)37-34)40(4)45(42,43)31-12-8-21-44-31/h5-8,10-18,21-23H,9,19-20H2,1-4H3,(H,36,37). The molecule has 10 heteroatoms. The van der Waals surface area contributed by atoms with Gasteiger partial charge in [0.15, 0.2) is 0 Å². The van der Waals surface area contributed by atoms with Gasteiger partial charge in [-0.05, 0) is 80.7 Å². The minimum Gasteiger partial charge on any atom is -0.451 e. The molecule has 0 aliphatic carbocycles. The van der Waals surface area contributed by atoms with Gasteiger partial charge in [0.1, 0.15) is 5.65 Å². The number of benzene rings is 3. The normalized spacial score (nSPS) is 11.8. The van der Waals surface area contributed by atoms with Crippen LogP contribution in [0, 0.1) is 0 Å². The van der Waals surface area contributed by atoms with Crippen molar-refractivity contribution in [2.24, 2.45) is 0 Å². The van der Waals surface area contributed by atoms with Crippen LogP contribution in [0.1, 0.15) is 16.8 Å². The lowest BCUT2D eigenvalue weighted by Crippen LogP contribution is -2.29. The number of nitrogens with zero attached hydrogens (tertiary/aromatic N) is 4. The maximum atomic E-state index is 13.2. The van der Waals surface area contributed by atoms with E-state index in [1.165, 1.54) is 23.7 Å². The Hall–Kier alpha value is -4.93. The molecule has 0 unspecified atom stereocenters. The lowest BCUT2D eigenvalue weighted by molar-refractivity contribution is 0.0790. The number of nitrogens with one attached hydrogen (secondary N) is 1. The average molecular weight is 622 g/mol. The first-order valence-electron chi connectivity index (χ1n) is 14.7. The number of furan rings is 1. The number of hydrogen-bond donors (Lipinski definition) is 1. The second-order valence-electron chi connectivity index (χ2n) is 11.4. The highest BCUT2D eigenvalue weighted by molar-refractivity contribution is 7.92. The Morgan fingerprint density at radius 1 is 0.867 bits per heavy atom. The van der Waals surface area contributed by atoms with Gasteiger partial charge in [0.05, 0.1) is 12.0 Å². The van der Waals surface area contributed by atoms with Gasteiger partial charge in [-0.2, -0.15) is 8.42 Å². The molecule has 0 radical (unpaired) electrons. The third kappa shape index (κ3) is 5.82. The van der Waals surface area contributed by atoms with E-state index in [0.717, 1.165) is 51.5 Å². The van der Waals surface area contributed by atoms with E-state index in [4.69, 9.17) is 9.40 Å². The van der Waals surface area contributed by atoms with Gasteiger partial charge in [-0.1, -0.05) is 42.5 Å². The van der Waals surface area contributed by atoms with Gasteiger partial charge in [-0.15, -0.1) is 0 Å². The highest BCUT2D eigenvalue weighted by Gasteiger charge is 2.25. The fourth-order valence-corrected chi connectivity index (χ4v) is 6.67. The highest BCUT2D eigenvalue weighted by Crippen LogP contribution is 2.41. The minimum absolute atomic E-state index is 0.0186. The quantitative estimate of drug-likeness (QED) is 0.188. The van der Waals surface area contributed by atoms with E-state index in [1.807, 2.05) is 81.9 Å². The Balaban J connectivity index is 1.44. The van der Waals surface area contributed by atoms with Crippen LogP contribution in [0.25, 0.3) is 44.2 Å². The third-order valence-electron chi connectivity index (χ3n) is 8.03. The monoisotopic (exact) mass is 621 g/mol. The second kappa shape index (κ2) is 12.2. The Labute approximate surface area is 262 Å². The maximum absolute atomic E-state index is 13.2. The largest absolute Gasteiger partial charge is 0.451 e. The molecule has 0 saturated carbocycles. The van der Waals surface area contributed by atoms with Crippen LogP contribution in [-0.2, 0) is 10.0 Å². The summed E-state index contributed by atoms with van der Waals surface area (Å²) in [4.78, 5) is 25.2. The number of rotatable bonds is 10. The van der Waals surface area contributed by atoms with Crippen LogP contribution in [0.4, 0.5) is 5.69 Å². The van der Waals surface area contributed by atoms with Gasteiger partial charge in [-0.3, -0.25) is 9.10 Å².